The van der Waals surface area contributed by atoms with Gasteiger partial charge in [0.1, 0.15) is 11.8 Å². The van der Waals surface area contributed by atoms with Gasteiger partial charge in [0.25, 0.3) is 5.91 Å². The van der Waals surface area contributed by atoms with E-state index >= 15 is 0 Å². The van der Waals surface area contributed by atoms with E-state index in [2.05, 4.69) is 10.1 Å². The van der Waals surface area contributed by atoms with Crippen molar-refractivity contribution in [1.29, 1.82) is 0 Å². The summed E-state index contributed by atoms with van der Waals surface area (Å²) in [6.45, 7) is 1.63. The smallest absolute Gasteiger partial charge is 0.270 e. The Balaban J connectivity index is 1.47. The van der Waals surface area contributed by atoms with Crippen molar-refractivity contribution in [3.63, 3.8) is 0 Å². The Bertz CT molecular complexity index is 919. The lowest BCUT2D eigenvalue weighted by Gasteiger charge is -2.27. The van der Waals surface area contributed by atoms with Crippen LogP contribution < -0.4 is 0 Å². The molecule has 1 amide bonds. The van der Waals surface area contributed by atoms with Gasteiger partial charge in [-0.1, -0.05) is 41.9 Å². The summed E-state index contributed by atoms with van der Waals surface area (Å²) >= 11 is 5.89. The Morgan fingerprint density at radius 2 is 2.08 bits per heavy atom. The van der Waals surface area contributed by atoms with E-state index < -0.39 is 6.10 Å². The molecule has 2 N–H and O–H groups in total. The number of H-pyrrole nitrogens is 1. The minimum Gasteiger partial charge on any atom is -0.386 e. The molecule has 4 rings (SSSR count). The Kier molecular flexibility index (Phi) is 4.53. The number of aromatic amines is 1. The summed E-state index contributed by atoms with van der Waals surface area (Å²) in [6.07, 6.45) is 1.45. The lowest BCUT2D eigenvalue weighted by atomic mass is 10.1. The van der Waals surface area contributed by atoms with E-state index in [-0.39, 0.29) is 5.91 Å². The van der Waals surface area contributed by atoms with Gasteiger partial charge in [-0.15, -0.1) is 0 Å². The van der Waals surface area contributed by atoms with Crippen molar-refractivity contribution in [2.45, 2.75) is 25.6 Å². The highest BCUT2D eigenvalue weighted by molar-refractivity contribution is 6.30. The van der Waals surface area contributed by atoms with E-state index in [4.69, 9.17) is 11.6 Å². The Labute approximate surface area is 156 Å². The summed E-state index contributed by atoms with van der Waals surface area (Å²) in [7, 11) is 0. The van der Waals surface area contributed by atoms with E-state index in [0.717, 1.165) is 11.3 Å². The molecule has 1 aliphatic rings. The van der Waals surface area contributed by atoms with Crippen molar-refractivity contribution in [1.82, 2.24) is 19.7 Å². The molecule has 0 saturated carbocycles. The fourth-order valence-electron chi connectivity index (χ4n) is 3.23. The molecule has 0 unspecified atom stereocenters. The topological polar surface area (TPSA) is 74.2 Å². The molecular formula is C19H19ClN4O2. The van der Waals surface area contributed by atoms with Crippen molar-refractivity contribution in [3.05, 3.63) is 76.3 Å². The SMILES string of the molecule is O=C(c1cc(Cl)c[nH]1)N1CCn2nc([C@H](O)Cc3ccccc3)cc2C1. The predicted octanol–water partition coefficient (Wildman–Crippen LogP) is 2.80. The van der Waals surface area contributed by atoms with Crippen LogP contribution in [0.1, 0.15) is 33.5 Å². The zero-order chi connectivity index (χ0) is 18.1. The van der Waals surface area contributed by atoms with Gasteiger partial charge in [-0.2, -0.15) is 5.10 Å². The number of fused-ring (bicyclic) bond motifs is 1. The van der Waals surface area contributed by atoms with E-state index in [1.165, 1.54) is 0 Å². The monoisotopic (exact) mass is 370 g/mol. The summed E-state index contributed by atoms with van der Waals surface area (Å²) in [6, 6.07) is 13.4. The van der Waals surface area contributed by atoms with E-state index in [1.807, 2.05) is 41.1 Å². The molecular weight excluding hydrogens is 352 g/mol. The molecule has 0 radical (unpaired) electrons. The van der Waals surface area contributed by atoms with E-state index in [9.17, 15) is 9.90 Å². The van der Waals surface area contributed by atoms with Gasteiger partial charge in [0, 0.05) is 19.2 Å². The normalized spacial score (nSPS) is 14.9. The number of aliphatic hydroxyl groups is 1. The van der Waals surface area contributed by atoms with Gasteiger partial charge >= 0.3 is 0 Å². The maximum absolute atomic E-state index is 12.6. The quantitative estimate of drug-likeness (QED) is 0.741. The van der Waals surface area contributed by atoms with Gasteiger partial charge in [-0.25, -0.2) is 0 Å². The van der Waals surface area contributed by atoms with E-state index in [0.29, 0.717) is 42.5 Å². The second-order valence-electron chi connectivity index (χ2n) is 6.45. The first-order valence-corrected chi connectivity index (χ1v) is 8.90. The van der Waals surface area contributed by atoms with Crippen LogP contribution in [0.5, 0.6) is 0 Å². The molecule has 0 aliphatic carbocycles. The van der Waals surface area contributed by atoms with E-state index in [1.54, 1.807) is 17.2 Å². The van der Waals surface area contributed by atoms with Gasteiger partial charge in [-0.3, -0.25) is 9.48 Å². The first-order valence-electron chi connectivity index (χ1n) is 8.52. The van der Waals surface area contributed by atoms with Crippen LogP contribution in [0.3, 0.4) is 0 Å². The van der Waals surface area contributed by atoms with Crippen LogP contribution in [0.2, 0.25) is 5.02 Å². The highest BCUT2D eigenvalue weighted by Gasteiger charge is 2.25. The summed E-state index contributed by atoms with van der Waals surface area (Å²) in [5.74, 6) is -0.0873. The number of amides is 1. The van der Waals surface area contributed by atoms with Crippen LogP contribution in [0.4, 0.5) is 0 Å². The molecule has 3 heterocycles. The van der Waals surface area contributed by atoms with Crippen molar-refractivity contribution in [2.24, 2.45) is 0 Å². The second-order valence-corrected chi connectivity index (χ2v) is 6.88. The van der Waals surface area contributed by atoms with Crippen LogP contribution in [0, 0.1) is 0 Å². The van der Waals surface area contributed by atoms with Crippen molar-refractivity contribution in [3.8, 4) is 0 Å². The number of aliphatic hydroxyl groups excluding tert-OH is 1. The predicted molar refractivity (Wildman–Crippen MR) is 97.9 cm³/mol. The Morgan fingerprint density at radius 1 is 1.27 bits per heavy atom. The number of rotatable bonds is 4. The summed E-state index contributed by atoms with van der Waals surface area (Å²) in [5.41, 5.74) is 3.10. The zero-order valence-corrected chi connectivity index (χ0v) is 14.9. The average molecular weight is 371 g/mol. The fourth-order valence-corrected chi connectivity index (χ4v) is 3.39. The summed E-state index contributed by atoms with van der Waals surface area (Å²) in [4.78, 5) is 17.2. The molecule has 1 aliphatic heterocycles. The molecule has 0 bridgehead atoms. The Morgan fingerprint density at radius 3 is 2.81 bits per heavy atom. The van der Waals surface area contributed by atoms with Crippen LogP contribution >= 0.6 is 11.6 Å². The molecule has 134 valence electrons. The van der Waals surface area contributed by atoms with Crippen LogP contribution in [0.25, 0.3) is 0 Å². The molecule has 6 nitrogen and oxygen atoms in total. The van der Waals surface area contributed by atoms with Gasteiger partial charge < -0.3 is 15.0 Å². The minimum absolute atomic E-state index is 0.0873. The summed E-state index contributed by atoms with van der Waals surface area (Å²) < 4.78 is 1.87. The highest BCUT2D eigenvalue weighted by atomic mass is 35.5. The largest absolute Gasteiger partial charge is 0.386 e. The maximum Gasteiger partial charge on any atom is 0.270 e. The number of halogens is 1. The molecule has 1 atom stereocenters. The highest BCUT2D eigenvalue weighted by Crippen LogP contribution is 2.22. The third-order valence-electron chi connectivity index (χ3n) is 4.60. The lowest BCUT2D eigenvalue weighted by molar-refractivity contribution is 0.0700. The van der Waals surface area contributed by atoms with Crippen LogP contribution in [-0.2, 0) is 19.5 Å². The number of benzene rings is 1. The number of hydrogen-bond acceptors (Lipinski definition) is 3. The van der Waals surface area contributed by atoms with Gasteiger partial charge in [0.2, 0.25) is 0 Å². The molecule has 2 aromatic heterocycles. The number of nitrogens with zero attached hydrogens (tertiary/aromatic N) is 3. The van der Waals surface area contributed by atoms with Crippen molar-refractivity contribution >= 4 is 17.5 Å². The van der Waals surface area contributed by atoms with Crippen molar-refractivity contribution in [2.75, 3.05) is 6.54 Å². The van der Waals surface area contributed by atoms with Crippen LogP contribution in [-0.4, -0.2) is 37.2 Å². The van der Waals surface area contributed by atoms with Gasteiger partial charge in [0.05, 0.1) is 29.5 Å². The number of nitrogens with one attached hydrogen (secondary N) is 1. The molecule has 0 saturated heterocycles. The first-order chi connectivity index (χ1) is 12.6. The Hall–Kier alpha value is -2.57. The third kappa shape index (κ3) is 3.38. The van der Waals surface area contributed by atoms with Crippen LogP contribution in [0.15, 0.2) is 48.7 Å². The average Bonchev–Trinajstić information content (AvgIpc) is 3.27. The third-order valence-corrected chi connectivity index (χ3v) is 4.81. The molecule has 0 fully saturated rings. The number of aromatic nitrogens is 3. The second kappa shape index (κ2) is 6.97. The number of carbonyl (C=O) groups excluding carboxylic acids is 1. The summed E-state index contributed by atoms with van der Waals surface area (Å²) in [5, 5.41) is 15.5. The number of carbonyl (C=O) groups is 1. The standard InChI is InChI=1S/C19H19ClN4O2/c20-14-9-17(21-11-14)19(26)23-6-7-24-15(12-23)10-16(22-24)18(25)8-13-4-2-1-3-5-13/h1-5,9-11,18,21,25H,6-8,12H2/t18-/m1/s1. The molecule has 26 heavy (non-hydrogen) atoms. The minimum atomic E-state index is -0.665. The molecule has 1 aromatic carbocycles. The van der Waals surface area contributed by atoms with Gasteiger partial charge in [-0.05, 0) is 17.7 Å². The lowest BCUT2D eigenvalue weighted by Crippen LogP contribution is -2.38. The molecule has 7 heteroatoms. The molecule has 0 spiro atoms. The fraction of sp³-hybridized carbons (Fsp3) is 0.263. The maximum atomic E-state index is 12.6. The zero-order valence-electron chi connectivity index (χ0n) is 14.1. The number of hydrogen-bond donors (Lipinski definition) is 2. The van der Waals surface area contributed by atoms with Crippen molar-refractivity contribution < 1.29 is 9.90 Å². The molecule has 3 aromatic rings. The van der Waals surface area contributed by atoms with Gasteiger partial charge in [0.15, 0.2) is 0 Å². The first kappa shape index (κ1) is 16.9.